The molecule has 1 aliphatic rings. The molecule has 0 spiro atoms. The van der Waals surface area contributed by atoms with Crippen molar-refractivity contribution >= 4 is 33.6 Å². The van der Waals surface area contributed by atoms with E-state index in [9.17, 15) is 4.79 Å². The maximum Gasteiger partial charge on any atom is 0.267 e. The van der Waals surface area contributed by atoms with Gasteiger partial charge in [0.2, 0.25) is 0 Å². The van der Waals surface area contributed by atoms with Crippen LogP contribution in [-0.4, -0.2) is 28.0 Å². The van der Waals surface area contributed by atoms with Crippen molar-refractivity contribution in [2.45, 2.75) is 43.9 Å². The number of nitrogens with one attached hydrogen (secondary N) is 1. The molecule has 1 N–H and O–H groups in total. The van der Waals surface area contributed by atoms with Gasteiger partial charge in [0, 0.05) is 28.5 Å². The van der Waals surface area contributed by atoms with Gasteiger partial charge in [0.05, 0.1) is 0 Å². The molecule has 1 aromatic heterocycles. The first kappa shape index (κ1) is 15.0. The third-order valence-electron chi connectivity index (χ3n) is 3.83. The average molecular weight is 345 g/mol. The standard InChI is InChI=1S/C14H21BrN2OS/c1-3-7-17-9-11(15)8-12(17)13(18)16-10-14(19-2)5-4-6-14/h8-9H,3-7,10H2,1-2H3,(H,16,18). The summed E-state index contributed by atoms with van der Waals surface area (Å²) in [5, 5.41) is 3.10. The highest BCUT2D eigenvalue weighted by molar-refractivity contribution is 9.10. The van der Waals surface area contributed by atoms with Gasteiger partial charge >= 0.3 is 0 Å². The molecule has 1 aliphatic carbocycles. The molecule has 0 aromatic carbocycles. The second-order valence-electron chi connectivity index (χ2n) is 5.16. The second-order valence-corrected chi connectivity index (χ2v) is 7.35. The van der Waals surface area contributed by atoms with E-state index in [1.807, 2.05) is 28.6 Å². The minimum absolute atomic E-state index is 0.0412. The van der Waals surface area contributed by atoms with Gasteiger partial charge in [-0.2, -0.15) is 11.8 Å². The van der Waals surface area contributed by atoms with Gasteiger partial charge in [0.1, 0.15) is 5.69 Å². The second kappa shape index (κ2) is 6.35. The van der Waals surface area contributed by atoms with Crippen LogP contribution in [-0.2, 0) is 6.54 Å². The quantitative estimate of drug-likeness (QED) is 0.853. The normalized spacial score (nSPS) is 17.0. The molecular formula is C14H21BrN2OS. The monoisotopic (exact) mass is 344 g/mol. The highest BCUT2D eigenvalue weighted by atomic mass is 79.9. The first-order valence-corrected chi connectivity index (χ1v) is 8.81. The van der Waals surface area contributed by atoms with E-state index in [-0.39, 0.29) is 10.7 Å². The summed E-state index contributed by atoms with van der Waals surface area (Å²) < 4.78 is 3.27. The van der Waals surface area contributed by atoms with E-state index in [0.717, 1.165) is 29.7 Å². The molecule has 0 aliphatic heterocycles. The number of aryl methyl sites for hydroxylation is 1. The molecule has 5 heteroatoms. The van der Waals surface area contributed by atoms with Crippen LogP contribution in [0.1, 0.15) is 43.1 Å². The molecular weight excluding hydrogens is 324 g/mol. The number of nitrogens with zero attached hydrogens (tertiary/aromatic N) is 1. The number of amides is 1. The van der Waals surface area contributed by atoms with Crippen LogP contribution >= 0.6 is 27.7 Å². The molecule has 0 radical (unpaired) electrons. The van der Waals surface area contributed by atoms with Crippen LogP contribution in [0.15, 0.2) is 16.7 Å². The van der Waals surface area contributed by atoms with E-state index in [1.165, 1.54) is 19.3 Å². The Balaban J connectivity index is 1.99. The lowest BCUT2D eigenvalue weighted by Crippen LogP contribution is -2.45. The van der Waals surface area contributed by atoms with Crippen molar-refractivity contribution in [3.63, 3.8) is 0 Å². The van der Waals surface area contributed by atoms with Gasteiger partial charge in [-0.1, -0.05) is 13.3 Å². The van der Waals surface area contributed by atoms with E-state index in [2.05, 4.69) is 34.4 Å². The summed E-state index contributed by atoms with van der Waals surface area (Å²) in [6.07, 6.45) is 8.86. The smallest absolute Gasteiger partial charge is 0.267 e. The Morgan fingerprint density at radius 1 is 1.58 bits per heavy atom. The summed E-state index contributed by atoms with van der Waals surface area (Å²) in [7, 11) is 0. The fourth-order valence-electron chi connectivity index (χ4n) is 2.45. The summed E-state index contributed by atoms with van der Waals surface area (Å²) in [5.41, 5.74) is 0.754. The lowest BCUT2D eigenvalue weighted by molar-refractivity contribution is 0.0934. The number of carbonyl (C=O) groups excluding carboxylic acids is 1. The van der Waals surface area contributed by atoms with Crippen molar-refractivity contribution in [1.82, 2.24) is 9.88 Å². The van der Waals surface area contributed by atoms with E-state index in [0.29, 0.717) is 0 Å². The Labute approximate surface area is 127 Å². The van der Waals surface area contributed by atoms with Gasteiger partial charge in [-0.25, -0.2) is 0 Å². The highest BCUT2D eigenvalue weighted by Crippen LogP contribution is 2.42. The molecule has 0 atom stereocenters. The maximum absolute atomic E-state index is 12.3. The summed E-state index contributed by atoms with van der Waals surface area (Å²) >= 11 is 5.33. The average Bonchev–Trinajstić information content (AvgIpc) is 2.70. The Morgan fingerprint density at radius 2 is 2.32 bits per heavy atom. The molecule has 106 valence electrons. The zero-order valence-electron chi connectivity index (χ0n) is 11.5. The molecule has 0 bridgehead atoms. The number of aromatic nitrogens is 1. The van der Waals surface area contributed by atoms with Gasteiger partial charge in [-0.15, -0.1) is 0 Å². The maximum atomic E-state index is 12.3. The fraction of sp³-hybridized carbons (Fsp3) is 0.643. The van der Waals surface area contributed by atoms with Gasteiger partial charge < -0.3 is 9.88 Å². The van der Waals surface area contributed by atoms with Crippen LogP contribution < -0.4 is 5.32 Å². The first-order valence-electron chi connectivity index (χ1n) is 6.79. The Kier molecular flexibility index (Phi) is 5.01. The van der Waals surface area contributed by atoms with Gasteiger partial charge in [-0.3, -0.25) is 4.79 Å². The Bertz CT molecular complexity index is 449. The Morgan fingerprint density at radius 3 is 2.84 bits per heavy atom. The third-order valence-corrected chi connectivity index (χ3v) is 5.68. The van der Waals surface area contributed by atoms with Gasteiger partial charge in [-0.05, 0) is 47.5 Å². The molecule has 1 aromatic rings. The van der Waals surface area contributed by atoms with E-state index in [1.54, 1.807) is 0 Å². The van der Waals surface area contributed by atoms with Crippen LogP contribution in [0, 0.1) is 0 Å². The number of carbonyl (C=O) groups is 1. The predicted molar refractivity (Wildman–Crippen MR) is 84.9 cm³/mol. The van der Waals surface area contributed by atoms with E-state index >= 15 is 0 Å². The van der Waals surface area contributed by atoms with Crippen LogP contribution in [0.25, 0.3) is 0 Å². The predicted octanol–water partition coefficient (Wildman–Crippen LogP) is 3.68. The summed E-state index contributed by atoms with van der Waals surface area (Å²) in [6, 6.07) is 1.90. The molecule has 19 heavy (non-hydrogen) atoms. The van der Waals surface area contributed by atoms with Crippen LogP contribution in [0.3, 0.4) is 0 Å². The topological polar surface area (TPSA) is 34.0 Å². The fourth-order valence-corrected chi connectivity index (χ4v) is 3.82. The molecule has 0 unspecified atom stereocenters. The van der Waals surface area contributed by atoms with Crippen molar-refractivity contribution in [3.05, 3.63) is 22.4 Å². The first-order chi connectivity index (χ1) is 9.10. The van der Waals surface area contributed by atoms with Crippen molar-refractivity contribution in [3.8, 4) is 0 Å². The van der Waals surface area contributed by atoms with Crippen molar-refractivity contribution in [1.29, 1.82) is 0 Å². The van der Waals surface area contributed by atoms with E-state index in [4.69, 9.17) is 0 Å². The SMILES string of the molecule is CCCn1cc(Br)cc1C(=O)NCC1(SC)CCC1. The van der Waals surface area contributed by atoms with Crippen LogP contribution in [0.2, 0.25) is 0 Å². The molecule has 3 nitrogen and oxygen atoms in total. The number of thioether (sulfide) groups is 1. The minimum atomic E-state index is 0.0412. The van der Waals surface area contributed by atoms with Gasteiger partial charge in [0.25, 0.3) is 5.91 Å². The minimum Gasteiger partial charge on any atom is -0.349 e. The molecule has 0 saturated heterocycles. The van der Waals surface area contributed by atoms with Crippen molar-refractivity contribution < 1.29 is 4.79 Å². The highest BCUT2D eigenvalue weighted by Gasteiger charge is 2.36. The Hall–Kier alpha value is -0.420. The molecule has 1 amide bonds. The zero-order chi connectivity index (χ0) is 13.9. The third kappa shape index (κ3) is 3.37. The van der Waals surface area contributed by atoms with Crippen LogP contribution in [0.4, 0.5) is 0 Å². The molecule has 1 heterocycles. The molecule has 1 fully saturated rings. The van der Waals surface area contributed by atoms with E-state index < -0.39 is 0 Å². The van der Waals surface area contributed by atoms with Crippen molar-refractivity contribution in [2.75, 3.05) is 12.8 Å². The largest absolute Gasteiger partial charge is 0.349 e. The lowest BCUT2D eigenvalue weighted by Gasteiger charge is -2.40. The molecule has 2 rings (SSSR count). The number of hydrogen-bond acceptors (Lipinski definition) is 2. The van der Waals surface area contributed by atoms with Gasteiger partial charge in [0.15, 0.2) is 0 Å². The summed E-state index contributed by atoms with van der Waals surface area (Å²) in [4.78, 5) is 12.3. The number of halogens is 1. The number of rotatable bonds is 6. The lowest BCUT2D eigenvalue weighted by atomic mass is 9.84. The summed E-state index contributed by atoms with van der Waals surface area (Å²) in [6.45, 7) is 3.77. The molecule has 1 saturated carbocycles. The summed E-state index contributed by atoms with van der Waals surface area (Å²) in [5.74, 6) is 0.0412. The zero-order valence-corrected chi connectivity index (χ0v) is 13.9. The van der Waals surface area contributed by atoms with Crippen molar-refractivity contribution in [2.24, 2.45) is 0 Å². The number of hydrogen-bond donors (Lipinski definition) is 1. The van der Waals surface area contributed by atoms with Crippen LogP contribution in [0.5, 0.6) is 0 Å².